The molecule has 10 heteroatoms. The summed E-state index contributed by atoms with van der Waals surface area (Å²) < 4.78 is 46.1. The number of hydrogen-bond acceptors (Lipinski definition) is 5. The molecule has 0 heterocycles. The van der Waals surface area contributed by atoms with Crippen LogP contribution < -0.4 is 15.4 Å². The van der Waals surface area contributed by atoms with Gasteiger partial charge < -0.3 is 25.0 Å². The van der Waals surface area contributed by atoms with E-state index in [4.69, 9.17) is 4.74 Å². The molecule has 202 valence electrons. The van der Waals surface area contributed by atoms with Gasteiger partial charge in [-0.05, 0) is 48.6 Å². The molecule has 1 aliphatic rings. The lowest BCUT2D eigenvalue weighted by Crippen LogP contribution is -2.45. The Labute approximate surface area is 215 Å². The number of alkyl carbamates (subject to hydrolysis) is 1. The molecular weight excluding hydrogens is 487 g/mol. The molecule has 0 aliphatic heterocycles. The molecule has 1 atom stereocenters. The zero-order valence-electron chi connectivity index (χ0n) is 20.9. The summed E-state index contributed by atoms with van der Waals surface area (Å²) >= 11 is 0. The van der Waals surface area contributed by atoms with Crippen LogP contribution in [0.5, 0.6) is 5.75 Å². The van der Waals surface area contributed by atoms with Gasteiger partial charge >= 0.3 is 12.5 Å². The average molecular weight is 522 g/mol. The molecule has 1 fully saturated rings. The topological polar surface area (TPSA) is 79.9 Å². The number of nitrogens with zero attached hydrogens (tertiary/aromatic N) is 1. The molecule has 2 N–H and O–H groups in total. The summed E-state index contributed by atoms with van der Waals surface area (Å²) in [7, 11) is 1.72. The van der Waals surface area contributed by atoms with Crippen molar-refractivity contribution in [1.82, 2.24) is 10.2 Å². The molecule has 0 spiro atoms. The number of benzene rings is 2. The second kappa shape index (κ2) is 13.8. The van der Waals surface area contributed by atoms with Gasteiger partial charge in [-0.2, -0.15) is 0 Å². The van der Waals surface area contributed by atoms with Crippen molar-refractivity contribution in [2.75, 3.05) is 32.0 Å². The van der Waals surface area contributed by atoms with E-state index in [-0.39, 0.29) is 36.6 Å². The van der Waals surface area contributed by atoms with Crippen LogP contribution >= 0.6 is 0 Å². The molecule has 2 amide bonds. The van der Waals surface area contributed by atoms with Crippen LogP contribution in [0.15, 0.2) is 54.6 Å². The van der Waals surface area contributed by atoms with Crippen molar-refractivity contribution in [2.45, 2.75) is 45.1 Å². The predicted octanol–water partition coefficient (Wildman–Crippen LogP) is 5.58. The maximum atomic E-state index is 13.3. The number of hydrogen-bond donors (Lipinski definition) is 2. The Kier molecular flexibility index (Phi) is 10.5. The maximum Gasteiger partial charge on any atom is 0.573 e. The van der Waals surface area contributed by atoms with E-state index in [0.717, 1.165) is 37.7 Å². The Morgan fingerprint density at radius 3 is 2.35 bits per heavy atom. The third-order valence-corrected chi connectivity index (χ3v) is 6.46. The average Bonchev–Trinajstić information content (AvgIpc) is 2.89. The Hall–Kier alpha value is -3.43. The quantitative estimate of drug-likeness (QED) is 0.404. The summed E-state index contributed by atoms with van der Waals surface area (Å²) in [6.45, 7) is 1.16. The second-order valence-electron chi connectivity index (χ2n) is 9.21. The normalized spacial score (nSPS) is 14.9. The first kappa shape index (κ1) is 28.1. The lowest BCUT2D eigenvalue weighted by Gasteiger charge is -2.32. The number of carbonyl (C=O) groups is 2. The first-order valence-corrected chi connectivity index (χ1v) is 12.5. The molecule has 0 radical (unpaired) electrons. The molecule has 0 aromatic heterocycles. The summed E-state index contributed by atoms with van der Waals surface area (Å²) in [6, 6.07) is 14.8. The standard InChI is InChI=1S/C27H34F3N3O4/c1-33(17-16-31-22-12-14-23(15-13-22)37-27(28,29)30)25(34)24(21-10-6-3-7-11-21)18-32-26(35)36-19-20-8-4-2-5-9-20/h2,4-5,8-9,12-15,21,24,31H,3,6-7,10-11,16-19H2,1H3,(H,32,35)/t24-/m1/s1. The molecule has 37 heavy (non-hydrogen) atoms. The predicted molar refractivity (Wildman–Crippen MR) is 134 cm³/mol. The Balaban J connectivity index is 1.49. The highest BCUT2D eigenvalue weighted by Crippen LogP contribution is 2.31. The summed E-state index contributed by atoms with van der Waals surface area (Å²) in [5, 5.41) is 5.87. The Morgan fingerprint density at radius 1 is 1.03 bits per heavy atom. The largest absolute Gasteiger partial charge is 0.573 e. The van der Waals surface area contributed by atoms with Crippen molar-refractivity contribution in [2.24, 2.45) is 11.8 Å². The van der Waals surface area contributed by atoms with Crippen molar-refractivity contribution in [3.63, 3.8) is 0 Å². The number of likely N-dealkylation sites (N-methyl/N-ethyl adjacent to an activating group) is 1. The summed E-state index contributed by atoms with van der Waals surface area (Å²) in [5.74, 6) is -0.512. The van der Waals surface area contributed by atoms with Gasteiger partial charge in [0.25, 0.3) is 0 Å². The third kappa shape index (κ3) is 9.86. The van der Waals surface area contributed by atoms with Gasteiger partial charge in [-0.25, -0.2) is 4.79 Å². The highest BCUT2D eigenvalue weighted by atomic mass is 19.4. The van der Waals surface area contributed by atoms with E-state index in [2.05, 4.69) is 15.4 Å². The minimum absolute atomic E-state index is 0.0500. The maximum absolute atomic E-state index is 13.3. The number of alkyl halides is 3. The number of nitrogens with one attached hydrogen (secondary N) is 2. The lowest BCUT2D eigenvalue weighted by molar-refractivity contribution is -0.274. The van der Waals surface area contributed by atoms with Gasteiger partial charge in [0.2, 0.25) is 5.91 Å². The fraction of sp³-hybridized carbons (Fsp3) is 0.481. The van der Waals surface area contributed by atoms with E-state index in [1.54, 1.807) is 11.9 Å². The van der Waals surface area contributed by atoms with Crippen molar-refractivity contribution in [3.8, 4) is 5.75 Å². The van der Waals surface area contributed by atoms with Crippen LogP contribution in [0.3, 0.4) is 0 Å². The van der Waals surface area contributed by atoms with Crippen LogP contribution in [0.4, 0.5) is 23.7 Å². The zero-order chi connectivity index (χ0) is 26.7. The van der Waals surface area contributed by atoms with Crippen molar-refractivity contribution < 1.29 is 32.2 Å². The second-order valence-corrected chi connectivity index (χ2v) is 9.21. The van der Waals surface area contributed by atoms with E-state index in [1.165, 1.54) is 24.3 Å². The fourth-order valence-corrected chi connectivity index (χ4v) is 4.50. The number of halogens is 3. The van der Waals surface area contributed by atoms with Crippen molar-refractivity contribution in [3.05, 3.63) is 60.2 Å². The fourth-order valence-electron chi connectivity index (χ4n) is 4.50. The van der Waals surface area contributed by atoms with Gasteiger partial charge in [-0.3, -0.25) is 4.79 Å². The number of ether oxygens (including phenoxy) is 2. The third-order valence-electron chi connectivity index (χ3n) is 6.46. The lowest BCUT2D eigenvalue weighted by atomic mass is 9.79. The van der Waals surface area contributed by atoms with Gasteiger partial charge in [0.1, 0.15) is 12.4 Å². The van der Waals surface area contributed by atoms with Crippen LogP contribution in [-0.4, -0.2) is 49.9 Å². The minimum Gasteiger partial charge on any atom is -0.445 e. The number of carbonyl (C=O) groups excluding carboxylic acids is 2. The van der Waals surface area contributed by atoms with Crippen molar-refractivity contribution >= 4 is 17.7 Å². The summed E-state index contributed by atoms with van der Waals surface area (Å²) in [6.07, 6.45) is -0.139. The van der Waals surface area contributed by atoms with Crippen LogP contribution in [0.25, 0.3) is 0 Å². The van der Waals surface area contributed by atoms with Crippen molar-refractivity contribution in [1.29, 1.82) is 0 Å². The molecular formula is C27H34F3N3O4. The SMILES string of the molecule is CN(CCNc1ccc(OC(F)(F)F)cc1)C(=O)[C@H](CNC(=O)OCc1ccccc1)C1CCCCC1. The molecule has 0 unspecified atom stereocenters. The molecule has 1 saturated carbocycles. The van der Waals surface area contributed by atoms with E-state index in [1.807, 2.05) is 30.3 Å². The summed E-state index contributed by atoms with van der Waals surface area (Å²) in [4.78, 5) is 27.3. The van der Waals surface area contributed by atoms with Crippen LogP contribution in [0.2, 0.25) is 0 Å². The molecule has 0 saturated heterocycles. The minimum atomic E-state index is -4.74. The van der Waals surface area contributed by atoms with E-state index in [0.29, 0.717) is 18.8 Å². The highest BCUT2D eigenvalue weighted by Gasteiger charge is 2.32. The molecule has 7 nitrogen and oxygen atoms in total. The smallest absolute Gasteiger partial charge is 0.445 e. The number of anilines is 1. The van der Waals surface area contributed by atoms with Gasteiger partial charge in [0.15, 0.2) is 0 Å². The van der Waals surface area contributed by atoms with Gasteiger partial charge in [0, 0.05) is 32.4 Å². The Morgan fingerprint density at radius 2 is 1.70 bits per heavy atom. The van der Waals surface area contributed by atoms with Gasteiger partial charge in [0.05, 0.1) is 5.92 Å². The first-order valence-electron chi connectivity index (χ1n) is 12.5. The van der Waals surface area contributed by atoms with Gasteiger partial charge in [-0.1, -0.05) is 49.6 Å². The number of amides is 2. The van der Waals surface area contributed by atoms with Crippen LogP contribution in [0, 0.1) is 11.8 Å². The molecule has 2 aromatic carbocycles. The Bertz CT molecular complexity index is 981. The van der Waals surface area contributed by atoms with Crippen LogP contribution in [-0.2, 0) is 16.1 Å². The van der Waals surface area contributed by atoms with E-state index in [9.17, 15) is 22.8 Å². The molecule has 3 rings (SSSR count). The zero-order valence-corrected chi connectivity index (χ0v) is 20.9. The molecule has 2 aromatic rings. The highest BCUT2D eigenvalue weighted by molar-refractivity contribution is 5.80. The first-order chi connectivity index (χ1) is 17.7. The van der Waals surface area contributed by atoms with Crippen LogP contribution in [0.1, 0.15) is 37.7 Å². The molecule has 1 aliphatic carbocycles. The van der Waals surface area contributed by atoms with Gasteiger partial charge in [-0.15, -0.1) is 13.2 Å². The van der Waals surface area contributed by atoms with E-state index < -0.39 is 12.5 Å². The number of rotatable bonds is 11. The van der Waals surface area contributed by atoms with E-state index >= 15 is 0 Å². The monoisotopic (exact) mass is 521 g/mol. The molecule has 0 bridgehead atoms. The summed E-state index contributed by atoms with van der Waals surface area (Å²) in [5.41, 5.74) is 1.49.